The molecule has 152 valence electrons. The average Bonchev–Trinajstić information content (AvgIpc) is 3.16. The molecule has 11 nitrogen and oxygen atoms in total. The van der Waals surface area contributed by atoms with Crippen LogP contribution < -0.4 is 9.80 Å². The number of esters is 1. The first-order valence-corrected chi connectivity index (χ1v) is 9.18. The molecule has 2 heterocycles. The molecule has 0 bridgehead atoms. The van der Waals surface area contributed by atoms with Gasteiger partial charge in [-0.15, -0.1) is 0 Å². The average molecular weight is 393 g/mol. The van der Waals surface area contributed by atoms with Crippen LogP contribution in [0.5, 0.6) is 0 Å². The normalized spacial score (nSPS) is 17.0. The van der Waals surface area contributed by atoms with E-state index in [9.17, 15) is 20.0 Å². The van der Waals surface area contributed by atoms with Crippen LogP contribution in [-0.2, 0) is 9.53 Å². The van der Waals surface area contributed by atoms with E-state index < -0.39 is 11.0 Å². The lowest BCUT2D eigenvalue weighted by atomic mass is 10.00. The van der Waals surface area contributed by atoms with Crippen LogP contribution in [0.15, 0.2) is 10.7 Å². The van der Waals surface area contributed by atoms with Crippen LogP contribution in [0.3, 0.4) is 0 Å². The van der Waals surface area contributed by atoms with Crippen LogP contribution >= 0.6 is 0 Å². The highest BCUT2D eigenvalue weighted by molar-refractivity contribution is 6.01. The number of likely N-dealkylation sites (N-methyl/N-ethyl adjacent to an activating group) is 1. The lowest BCUT2D eigenvalue weighted by molar-refractivity contribution is -0.382. The van der Waals surface area contributed by atoms with Gasteiger partial charge in [0.15, 0.2) is 5.52 Å². The first kappa shape index (κ1) is 19.8. The Bertz CT molecular complexity index is 869. The summed E-state index contributed by atoms with van der Waals surface area (Å²) in [7, 11) is 1.64. The Balaban J connectivity index is 2.17. The molecule has 1 N–H and O–H groups in total. The molecular weight excluding hydrogens is 370 g/mol. The number of ether oxygens (including phenoxy) is 1. The van der Waals surface area contributed by atoms with E-state index in [2.05, 4.69) is 10.3 Å². The van der Waals surface area contributed by atoms with E-state index in [0.29, 0.717) is 18.7 Å². The van der Waals surface area contributed by atoms with Gasteiger partial charge in [0.25, 0.3) is 0 Å². The summed E-state index contributed by atoms with van der Waals surface area (Å²) in [5.74, 6) is -0.338. The minimum absolute atomic E-state index is 0.00970. The molecule has 0 radical (unpaired) electrons. The first-order chi connectivity index (χ1) is 13.5. The number of carbonyl (C=O) groups is 1. The molecule has 1 unspecified atom stereocenters. The van der Waals surface area contributed by atoms with Crippen molar-refractivity contribution in [2.45, 2.75) is 32.2 Å². The lowest BCUT2D eigenvalue weighted by Gasteiger charge is -2.36. The van der Waals surface area contributed by atoms with Crippen molar-refractivity contribution in [2.75, 3.05) is 43.2 Å². The van der Waals surface area contributed by atoms with Gasteiger partial charge in [-0.2, -0.15) is 0 Å². The number of carbonyl (C=O) groups excluding carboxylic acids is 1. The van der Waals surface area contributed by atoms with E-state index >= 15 is 0 Å². The number of nitrogens with zero attached hydrogens (tertiary/aromatic N) is 5. The van der Waals surface area contributed by atoms with E-state index in [1.165, 1.54) is 0 Å². The second-order valence-corrected chi connectivity index (χ2v) is 6.58. The SMILES string of the molecule is CCOC(=O)C1CCCCN1c1cc(N(C)CCO)c([N+](=O)[O-])c2nonc12. The van der Waals surface area contributed by atoms with Crippen molar-refractivity contribution in [2.24, 2.45) is 0 Å². The summed E-state index contributed by atoms with van der Waals surface area (Å²) >= 11 is 0. The van der Waals surface area contributed by atoms with Crippen molar-refractivity contribution in [1.29, 1.82) is 0 Å². The Labute approximate surface area is 160 Å². The van der Waals surface area contributed by atoms with Gasteiger partial charge < -0.3 is 19.6 Å². The number of rotatable bonds is 7. The number of hydrogen-bond donors (Lipinski definition) is 1. The van der Waals surface area contributed by atoms with Crippen LogP contribution in [0.1, 0.15) is 26.2 Å². The molecule has 1 fully saturated rings. The molecule has 1 atom stereocenters. The number of aromatic nitrogens is 2. The van der Waals surface area contributed by atoms with Crippen LogP contribution in [-0.4, -0.2) is 65.7 Å². The van der Waals surface area contributed by atoms with Gasteiger partial charge in [0.2, 0.25) is 5.52 Å². The molecule has 1 aromatic heterocycles. The number of fused-ring (bicyclic) bond motifs is 1. The van der Waals surface area contributed by atoms with E-state index in [1.54, 1.807) is 24.9 Å². The molecule has 1 aliphatic heterocycles. The zero-order valence-electron chi connectivity index (χ0n) is 15.8. The van der Waals surface area contributed by atoms with E-state index in [1.807, 2.05) is 4.90 Å². The van der Waals surface area contributed by atoms with Gasteiger partial charge in [-0.05, 0) is 42.6 Å². The molecule has 0 spiro atoms. The van der Waals surface area contributed by atoms with Gasteiger partial charge in [-0.1, -0.05) is 0 Å². The highest BCUT2D eigenvalue weighted by Crippen LogP contribution is 2.41. The van der Waals surface area contributed by atoms with Crippen molar-refractivity contribution in [3.63, 3.8) is 0 Å². The molecule has 0 amide bonds. The third kappa shape index (κ3) is 3.57. The summed E-state index contributed by atoms with van der Waals surface area (Å²) in [4.78, 5) is 27.1. The first-order valence-electron chi connectivity index (χ1n) is 9.18. The van der Waals surface area contributed by atoms with E-state index in [0.717, 1.165) is 12.8 Å². The molecule has 28 heavy (non-hydrogen) atoms. The largest absolute Gasteiger partial charge is 0.464 e. The third-order valence-corrected chi connectivity index (χ3v) is 4.87. The molecule has 1 aromatic carbocycles. The standard InChI is InChI=1S/C17H23N5O6/c1-3-27-17(24)11-6-4-5-7-21(11)12-10-13(20(2)8-9-23)16(22(25)26)15-14(12)18-28-19-15/h10-11,23H,3-9H2,1-2H3. The molecule has 0 saturated carbocycles. The van der Waals surface area contributed by atoms with Crippen LogP contribution in [0, 0.1) is 10.1 Å². The van der Waals surface area contributed by atoms with E-state index in [4.69, 9.17) is 9.37 Å². The fourth-order valence-electron chi connectivity index (χ4n) is 3.56. The number of piperidine rings is 1. The summed E-state index contributed by atoms with van der Waals surface area (Å²) < 4.78 is 10.0. The fourth-order valence-corrected chi connectivity index (χ4v) is 3.56. The minimum atomic E-state index is -0.543. The van der Waals surface area contributed by atoms with Crippen molar-refractivity contribution in [1.82, 2.24) is 10.3 Å². The van der Waals surface area contributed by atoms with Gasteiger partial charge >= 0.3 is 11.7 Å². The summed E-state index contributed by atoms with van der Waals surface area (Å²) in [5, 5.41) is 28.6. The van der Waals surface area contributed by atoms with Crippen molar-refractivity contribution < 1.29 is 24.2 Å². The van der Waals surface area contributed by atoms with Gasteiger partial charge in [0.05, 0.1) is 23.8 Å². The van der Waals surface area contributed by atoms with E-state index in [-0.39, 0.29) is 48.1 Å². The van der Waals surface area contributed by atoms with Crippen molar-refractivity contribution in [3.05, 3.63) is 16.2 Å². The van der Waals surface area contributed by atoms with Gasteiger partial charge in [-0.3, -0.25) is 10.1 Å². The molecule has 1 aliphatic rings. The monoisotopic (exact) mass is 393 g/mol. The summed E-state index contributed by atoms with van der Waals surface area (Å²) in [6, 6.07) is 1.10. The molecule has 3 rings (SSSR count). The number of aliphatic hydroxyl groups excluding tert-OH is 1. The van der Waals surface area contributed by atoms with Gasteiger partial charge in [-0.25, -0.2) is 9.42 Å². The molecular formula is C17H23N5O6. The summed E-state index contributed by atoms with van der Waals surface area (Å²) in [5.41, 5.74) is 0.782. The smallest absolute Gasteiger partial charge is 0.328 e. The second kappa shape index (κ2) is 8.38. The predicted octanol–water partition coefficient (Wildman–Crippen LogP) is 1.48. The lowest BCUT2D eigenvalue weighted by Crippen LogP contribution is -2.46. The number of aliphatic hydroxyl groups is 1. The van der Waals surface area contributed by atoms with Crippen molar-refractivity contribution >= 4 is 34.1 Å². The Morgan fingerprint density at radius 2 is 2.21 bits per heavy atom. The maximum absolute atomic E-state index is 12.5. The molecule has 2 aromatic rings. The zero-order chi connectivity index (χ0) is 20.3. The minimum Gasteiger partial charge on any atom is -0.464 e. The summed E-state index contributed by atoms with van der Waals surface area (Å²) in [6.45, 7) is 2.62. The maximum atomic E-state index is 12.5. The molecule has 0 aliphatic carbocycles. The fraction of sp³-hybridized carbons (Fsp3) is 0.588. The van der Waals surface area contributed by atoms with Crippen LogP contribution in [0.25, 0.3) is 11.0 Å². The van der Waals surface area contributed by atoms with Crippen LogP contribution in [0.2, 0.25) is 0 Å². The predicted molar refractivity (Wildman–Crippen MR) is 100 cm³/mol. The molecule has 11 heteroatoms. The highest BCUT2D eigenvalue weighted by atomic mass is 16.6. The van der Waals surface area contributed by atoms with Crippen molar-refractivity contribution in [3.8, 4) is 0 Å². The van der Waals surface area contributed by atoms with Gasteiger partial charge in [0, 0.05) is 20.1 Å². The Kier molecular flexibility index (Phi) is 5.93. The molecule has 1 saturated heterocycles. The Hall–Kier alpha value is -2.95. The number of nitro groups is 1. The van der Waals surface area contributed by atoms with Crippen LogP contribution in [0.4, 0.5) is 17.1 Å². The van der Waals surface area contributed by atoms with Gasteiger partial charge in [0.1, 0.15) is 11.7 Å². The zero-order valence-corrected chi connectivity index (χ0v) is 15.8. The third-order valence-electron chi connectivity index (χ3n) is 4.87. The number of anilines is 2. The Morgan fingerprint density at radius 1 is 1.46 bits per heavy atom. The topological polar surface area (TPSA) is 135 Å². The number of benzene rings is 1. The highest BCUT2D eigenvalue weighted by Gasteiger charge is 2.35. The Morgan fingerprint density at radius 3 is 2.89 bits per heavy atom. The maximum Gasteiger partial charge on any atom is 0.328 e. The number of nitro benzene ring substituents is 1. The number of hydrogen-bond acceptors (Lipinski definition) is 10. The summed E-state index contributed by atoms with van der Waals surface area (Å²) in [6.07, 6.45) is 2.36. The quantitative estimate of drug-likeness (QED) is 0.418. The second-order valence-electron chi connectivity index (χ2n) is 6.58.